The minimum atomic E-state index is -0.955. The molecular weight excluding hydrogens is 418 g/mol. The highest BCUT2D eigenvalue weighted by Gasteiger charge is 2.19. The molecule has 0 saturated heterocycles. The molecule has 0 bridgehead atoms. The summed E-state index contributed by atoms with van der Waals surface area (Å²) < 4.78 is 7.03. The van der Waals surface area contributed by atoms with Gasteiger partial charge in [-0.2, -0.15) is 0 Å². The number of amides is 1. The normalized spacial score (nSPS) is 11.9. The minimum absolute atomic E-state index is 0.0322. The topological polar surface area (TPSA) is 90.3 Å². The maximum Gasteiger partial charge on any atom is 0.306 e. The number of esters is 1. The van der Waals surface area contributed by atoms with Crippen molar-refractivity contribution < 1.29 is 14.3 Å². The van der Waals surface area contributed by atoms with E-state index in [4.69, 9.17) is 4.74 Å². The number of benzene rings is 2. The lowest BCUT2D eigenvalue weighted by atomic mass is 10.1. The van der Waals surface area contributed by atoms with E-state index >= 15 is 0 Å². The van der Waals surface area contributed by atoms with Crippen LogP contribution in [0.15, 0.2) is 47.3 Å². The Morgan fingerprint density at radius 3 is 2.64 bits per heavy atom. The summed E-state index contributed by atoms with van der Waals surface area (Å²) in [6.07, 6.45) is 1.01. The molecule has 7 heteroatoms. The fourth-order valence-corrected chi connectivity index (χ4v) is 3.66. The molecule has 1 atom stereocenters. The van der Waals surface area contributed by atoms with Crippen molar-refractivity contribution in [2.45, 2.75) is 66.0 Å². The van der Waals surface area contributed by atoms with Gasteiger partial charge in [0.25, 0.3) is 11.5 Å². The van der Waals surface area contributed by atoms with Gasteiger partial charge in [0.05, 0.1) is 17.5 Å². The molecule has 0 aliphatic heterocycles. The molecule has 1 N–H and O–H groups in total. The van der Waals surface area contributed by atoms with Crippen LogP contribution in [0.2, 0.25) is 0 Å². The molecule has 2 aromatic carbocycles. The predicted octanol–water partition coefficient (Wildman–Crippen LogP) is 4.32. The van der Waals surface area contributed by atoms with E-state index in [1.54, 1.807) is 4.57 Å². The Morgan fingerprint density at radius 1 is 1.15 bits per heavy atom. The van der Waals surface area contributed by atoms with Crippen LogP contribution >= 0.6 is 0 Å². The predicted molar refractivity (Wildman–Crippen MR) is 129 cm³/mol. The van der Waals surface area contributed by atoms with Gasteiger partial charge in [-0.3, -0.25) is 14.4 Å². The van der Waals surface area contributed by atoms with Crippen LogP contribution in [0.1, 0.15) is 49.9 Å². The van der Waals surface area contributed by atoms with Crippen molar-refractivity contribution in [2.75, 3.05) is 5.32 Å². The Morgan fingerprint density at radius 2 is 1.91 bits per heavy atom. The molecule has 1 aromatic heterocycles. The molecule has 3 aromatic rings. The van der Waals surface area contributed by atoms with E-state index in [9.17, 15) is 14.4 Å². The lowest BCUT2D eigenvalue weighted by molar-refractivity contribution is -0.153. The molecule has 0 fully saturated rings. The van der Waals surface area contributed by atoms with Crippen LogP contribution in [0.3, 0.4) is 0 Å². The number of unbranched alkanes of at least 4 members (excludes halogenated alkanes) is 1. The van der Waals surface area contributed by atoms with Crippen molar-refractivity contribution in [1.29, 1.82) is 0 Å². The number of aromatic nitrogens is 2. The smallest absolute Gasteiger partial charge is 0.306 e. The van der Waals surface area contributed by atoms with E-state index in [-0.39, 0.29) is 18.4 Å². The quantitative estimate of drug-likeness (QED) is 0.492. The molecule has 0 radical (unpaired) electrons. The summed E-state index contributed by atoms with van der Waals surface area (Å²) in [6, 6.07) is 13.2. The van der Waals surface area contributed by atoms with Gasteiger partial charge in [-0.25, -0.2) is 4.98 Å². The lowest BCUT2D eigenvalue weighted by Gasteiger charge is -2.15. The number of ether oxygens (including phenoxy) is 1. The number of anilines is 1. The molecule has 7 nitrogen and oxygen atoms in total. The zero-order valence-corrected chi connectivity index (χ0v) is 19.7. The van der Waals surface area contributed by atoms with Gasteiger partial charge in [0.2, 0.25) is 0 Å². The van der Waals surface area contributed by atoms with Crippen molar-refractivity contribution in [3.05, 3.63) is 69.6 Å². The summed E-state index contributed by atoms with van der Waals surface area (Å²) >= 11 is 0. The third-order valence-electron chi connectivity index (χ3n) is 5.54. The number of nitrogens with one attached hydrogen (secondary N) is 1. The number of para-hydroxylation sites is 2. The fraction of sp³-hybridized carbons (Fsp3) is 0.385. The Balaban J connectivity index is 1.64. The van der Waals surface area contributed by atoms with Gasteiger partial charge in [-0.1, -0.05) is 43.2 Å². The fourth-order valence-electron chi connectivity index (χ4n) is 3.66. The number of hydrogen-bond acceptors (Lipinski definition) is 5. The van der Waals surface area contributed by atoms with Crippen LogP contribution in [0, 0.1) is 13.8 Å². The van der Waals surface area contributed by atoms with E-state index in [2.05, 4.69) is 17.2 Å². The molecule has 0 spiro atoms. The van der Waals surface area contributed by atoms with Crippen LogP contribution in [0.25, 0.3) is 11.0 Å². The summed E-state index contributed by atoms with van der Waals surface area (Å²) in [5, 5.41) is 2.79. The Bertz CT molecular complexity index is 1220. The van der Waals surface area contributed by atoms with E-state index in [1.807, 2.05) is 56.3 Å². The maximum absolute atomic E-state index is 13.0. The Hall–Kier alpha value is -3.48. The Labute approximate surface area is 193 Å². The number of hydrogen-bond donors (Lipinski definition) is 1. The molecule has 1 unspecified atom stereocenters. The lowest BCUT2D eigenvalue weighted by Crippen LogP contribution is -2.31. The average Bonchev–Trinajstić information content (AvgIpc) is 2.79. The van der Waals surface area contributed by atoms with Gasteiger partial charge in [0.15, 0.2) is 6.10 Å². The number of rotatable bonds is 9. The van der Waals surface area contributed by atoms with Crippen molar-refractivity contribution in [2.24, 2.45) is 0 Å². The van der Waals surface area contributed by atoms with E-state index in [0.717, 1.165) is 35.0 Å². The molecule has 0 saturated carbocycles. The second-order valence-corrected chi connectivity index (χ2v) is 8.30. The third kappa shape index (κ3) is 6.06. The molecule has 1 heterocycles. The summed E-state index contributed by atoms with van der Waals surface area (Å²) in [5.41, 5.74) is 4.37. The molecular formula is C26H31N3O4. The number of carbonyl (C=O) groups is 2. The second kappa shape index (κ2) is 10.9. The van der Waals surface area contributed by atoms with Gasteiger partial charge in [0, 0.05) is 18.7 Å². The van der Waals surface area contributed by atoms with E-state index in [1.165, 1.54) is 6.92 Å². The van der Waals surface area contributed by atoms with Crippen molar-refractivity contribution in [3.63, 3.8) is 0 Å². The maximum atomic E-state index is 13.0. The standard InChI is InChI=1S/C26H31N3O4/c1-5-6-15-29-23-10-8-7-9-21(23)27-22(26(29)32)13-14-24(30)33-19(4)25(31)28-20-12-11-17(2)16-18(20)3/h7-12,16,19H,5-6,13-15H2,1-4H3,(H,28,31). The molecule has 33 heavy (non-hydrogen) atoms. The van der Waals surface area contributed by atoms with E-state index in [0.29, 0.717) is 17.9 Å². The summed E-state index contributed by atoms with van der Waals surface area (Å²) in [6.45, 7) is 8.09. The van der Waals surface area contributed by atoms with Crippen LogP contribution in [-0.2, 0) is 27.3 Å². The zero-order chi connectivity index (χ0) is 24.0. The first-order chi connectivity index (χ1) is 15.8. The zero-order valence-electron chi connectivity index (χ0n) is 19.7. The highest BCUT2D eigenvalue weighted by molar-refractivity contribution is 5.95. The summed E-state index contributed by atoms with van der Waals surface area (Å²) in [4.78, 5) is 42.3. The van der Waals surface area contributed by atoms with Crippen LogP contribution in [-0.4, -0.2) is 27.5 Å². The van der Waals surface area contributed by atoms with Gasteiger partial charge in [-0.05, 0) is 51.0 Å². The first-order valence-corrected chi connectivity index (χ1v) is 11.4. The van der Waals surface area contributed by atoms with Gasteiger partial charge in [-0.15, -0.1) is 0 Å². The first-order valence-electron chi connectivity index (χ1n) is 11.4. The molecule has 1 amide bonds. The number of nitrogens with zero attached hydrogens (tertiary/aromatic N) is 2. The highest BCUT2D eigenvalue weighted by atomic mass is 16.5. The summed E-state index contributed by atoms with van der Waals surface area (Å²) in [7, 11) is 0. The van der Waals surface area contributed by atoms with Crippen LogP contribution in [0.4, 0.5) is 5.69 Å². The number of fused-ring (bicyclic) bond motifs is 1. The molecule has 174 valence electrons. The molecule has 3 rings (SSSR count). The first kappa shape index (κ1) is 24.2. The highest BCUT2D eigenvalue weighted by Crippen LogP contribution is 2.17. The third-order valence-corrected chi connectivity index (χ3v) is 5.54. The largest absolute Gasteiger partial charge is 0.453 e. The Kier molecular flexibility index (Phi) is 7.98. The van der Waals surface area contributed by atoms with Crippen molar-refractivity contribution >= 4 is 28.6 Å². The van der Waals surface area contributed by atoms with Gasteiger partial charge >= 0.3 is 5.97 Å². The van der Waals surface area contributed by atoms with Gasteiger partial charge in [0.1, 0.15) is 5.69 Å². The monoisotopic (exact) mass is 449 g/mol. The van der Waals surface area contributed by atoms with Crippen LogP contribution in [0.5, 0.6) is 0 Å². The summed E-state index contributed by atoms with van der Waals surface area (Å²) in [5.74, 6) is -0.950. The SMILES string of the molecule is CCCCn1c(=O)c(CCC(=O)OC(C)C(=O)Nc2ccc(C)cc2C)nc2ccccc21. The molecule has 0 aliphatic carbocycles. The van der Waals surface area contributed by atoms with Crippen molar-refractivity contribution in [3.8, 4) is 0 Å². The van der Waals surface area contributed by atoms with E-state index < -0.39 is 18.0 Å². The molecule has 0 aliphatic rings. The minimum Gasteiger partial charge on any atom is -0.453 e. The number of aryl methyl sites for hydroxylation is 4. The van der Waals surface area contributed by atoms with Crippen LogP contribution < -0.4 is 10.9 Å². The van der Waals surface area contributed by atoms with Crippen molar-refractivity contribution in [1.82, 2.24) is 9.55 Å². The number of carbonyl (C=O) groups excluding carboxylic acids is 2. The van der Waals surface area contributed by atoms with Gasteiger partial charge < -0.3 is 14.6 Å². The average molecular weight is 450 g/mol. The second-order valence-electron chi connectivity index (χ2n) is 8.30.